The predicted molar refractivity (Wildman–Crippen MR) is 47.9 cm³/mol. The van der Waals surface area contributed by atoms with E-state index in [0.29, 0.717) is 6.54 Å². The van der Waals surface area contributed by atoms with Gasteiger partial charge in [0.25, 0.3) is 0 Å². The SMILES string of the molecule is CCC(CO)NC(=O)CN(C)C. The quantitative estimate of drug-likeness (QED) is 0.587. The number of rotatable bonds is 5. The topological polar surface area (TPSA) is 52.6 Å². The summed E-state index contributed by atoms with van der Waals surface area (Å²) in [5, 5.41) is 11.5. The largest absolute Gasteiger partial charge is 0.394 e. The van der Waals surface area contributed by atoms with Crippen molar-refractivity contribution >= 4 is 5.91 Å². The molecule has 0 aromatic rings. The number of aliphatic hydroxyl groups is 1. The minimum Gasteiger partial charge on any atom is -0.394 e. The van der Waals surface area contributed by atoms with Gasteiger partial charge in [-0.25, -0.2) is 0 Å². The highest BCUT2D eigenvalue weighted by Gasteiger charge is 2.08. The van der Waals surface area contributed by atoms with E-state index in [9.17, 15) is 4.79 Å². The molecule has 12 heavy (non-hydrogen) atoms. The normalized spacial score (nSPS) is 13.1. The summed E-state index contributed by atoms with van der Waals surface area (Å²) < 4.78 is 0. The van der Waals surface area contributed by atoms with Gasteiger partial charge in [-0.05, 0) is 20.5 Å². The third-order valence-electron chi connectivity index (χ3n) is 1.54. The Bertz CT molecular complexity index is 133. The number of carbonyl (C=O) groups is 1. The smallest absolute Gasteiger partial charge is 0.234 e. The van der Waals surface area contributed by atoms with Crippen LogP contribution in [0.3, 0.4) is 0 Å². The Morgan fingerprint density at radius 3 is 2.50 bits per heavy atom. The van der Waals surface area contributed by atoms with Crippen LogP contribution in [-0.4, -0.2) is 49.2 Å². The molecule has 0 heterocycles. The summed E-state index contributed by atoms with van der Waals surface area (Å²) in [5.74, 6) is -0.0408. The zero-order valence-electron chi connectivity index (χ0n) is 8.00. The van der Waals surface area contributed by atoms with Crippen LogP contribution >= 0.6 is 0 Å². The van der Waals surface area contributed by atoms with E-state index in [1.807, 2.05) is 21.0 Å². The summed E-state index contributed by atoms with van der Waals surface area (Å²) in [6.45, 7) is 2.31. The molecule has 0 bridgehead atoms. The van der Waals surface area contributed by atoms with Gasteiger partial charge in [0.1, 0.15) is 0 Å². The Hall–Kier alpha value is -0.610. The summed E-state index contributed by atoms with van der Waals surface area (Å²) in [6.07, 6.45) is 0.760. The first-order valence-corrected chi connectivity index (χ1v) is 4.15. The van der Waals surface area contributed by atoms with E-state index in [1.54, 1.807) is 4.90 Å². The van der Waals surface area contributed by atoms with Crippen LogP contribution in [0.1, 0.15) is 13.3 Å². The summed E-state index contributed by atoms with van der Waals surface area (Å²) >= 11 is 0. The van der Waals surface area contributed by atoms with Crippen LogP contribution in [0, 0.1) is 0 Å². The van der Waals surface area contributed by atoms with Crippen LogP contribution in [-0.2, 0) is 4.79 Å². The minimum absolute atomic E-state index is 0.00959. The second-order valence-electron chi connectivity index (χ2n) is 3.09. The van der Waals surface area contributed by atoms with Gasteiger partial charge in [0.15, 0.2) is 0 Å². The number of carbonyl (C=O) groups excluding carboxylic acids is 1. The lowest BCUT2D eigenvalue weighted by Crippen LogP contribution is -2.41. The highest BCUT2D eigenvalue weighted by Crippen LogP contribution is 1.88. The highest BCUT2D eigenvalue weighted by molar-refractivity contribution is 5.78. The molecule has 1 amide bonds. The Labute approximate surface area is 73.6 Å². The third-order valence-corrected chi connectivity index (χ3v) is 1.54. The molecule has 0 aromatic carbocycles. The van der Waals surface area contributed by atoms with Crippen molar-refractivity contribution in [3.8, 4) is 0 Å². The second kappa shape index (κ2) is 5.97. The average molecular weight is 174 g/mol. The molecule has 0 aliphatic carbocycles. The van der Waals surface area contributed by atoms with Crippen molar-refractivity contribution < 1.29 is 9.90 Å². The summed E-state index contributed by atoms with van der Waals surface area (Å²) in [5.41, 5.74) is 0. The van der Waals surface area contributed by atoms with Crippen molar-refractivity contribution in [3.63, 3.8) is 0 Å². The molecule has 0 aliphatic heterocycles. The van der Waals surface area contributed by atoms with Crippen molar-refractivity contribution in [2.45, 2.75) is 19.4 Å². The van der Waals surface area contributed by atoms with Crippen LogP contribution in [0.4, 0.5) is 0 Å². The van der Waals surface area contributed by atoms with Gasteiger partial charge in [0, 0.05) is 0 Å². The molecule has 2 N–H and O–H groups in total. The molecule has 0 radical (unpaired) electrons. The van der Waals surface area contributed by atoms with Crippen LogP contribution < -0.4 is 5.32 Å². The first-order chi connectivity index (χ1) is 5.60. The predicted octanol–water partition coefficient (Wildman–Crippen LogP) is -0.565. The molecule has 0 spiro atoms. The number of nitrogens with zero attached hydrogens (tertiary/aromatic N) is 1. The Balaban J connectivity index is 3.66. The van der Waals surface area contributed by atoms with Gasteiger partial charge < -0.3 is 15.3 Å². The number of aliphatic hydroxyl groups excluding tert-OH is 1. The third kappa shape index (κ3) is 5.09. The lowest BCUT2D eigenvalue weighted by atomic mass is 10.2. The van der Waals surface area contributed by atoms with Gasteiger partial charge in [-0.3, -0.25) is 4.79 Å². The molecule has 4 nitrogen and oxygen atoms in total. The van der Waals surface area contributed by atoms with E-state index in [1.165, 1.54) is 0 Å². The summed E-state index contributed by atoms with van der Waals surface area (Å²) in [6, 6.07) is -0.0996. The molecule has 0 saturated heterocycles. The van der Waals surface area contributed by atoms with E-state index in [4.69, 9.17) is 5.11 Å². The van der Waals surface area contributed by atoms with Gasteiger partial charge in [0.2, 0.25) is 5.91 Å². The average Bonchev–Trinajstić information content (AvgIpc) is 1.98. The molecule has 0 rings (SSSR count). The van der Waals surface area contributed by atoms with E-state index < -0.39 is 0 Å². The van der Waals surface area contributed by atoms with Gasteiger partial charge in [-0.2, -0.15) is 0 Å². The number of likely N-dealkylation sites (N-methyl/N-ethyl adjacent to an activating group) is 1. The number of nitrogens with one attached hydrogen (secondary N) is 1. The van der Waals surface area contributed by atoms with Crippen LogP contribution in [0.2, 0.25) is 0 Å². The molecule has 72 valence electrons. The van der Waals surface area contributed by atoms with Crippen molar-refractivity contribution in [2.75, 3.05) is 27.2 Å². The maximum atomic E-state index is 11.1. The summed E-state index contributed by atoms with van der Waals surface area (Å²) in [4.78, 5) is 12.9. The van der Waals surface area contributed by atoms with Gasteiger partial charge >= 0.3 is 0 Å². The fourth-order valence-electron chi connectivity index (χ4n) is 0.837. The van der Waals surface area contributed by atoms with Crippen LogP contribution in [0.5, 0.6) is 0 Å². The first-order valence-electron chi connectivity index (χ1n) is 4.15. The van der Waals surface area contributed by atoms with E-state index in [0.717, 1.165) is 6.42 Å². The Kier molecular flexibility index (Phi) is 5.66. The molecular weight excluding hydrogens is 156 g/mol. The molecular formula is C8H18N2O2. The Morgan fingerprint density at radius 1 is 1.58 bits per heavy atom. The lowest BCUT2D eigenvalue weighted by Gasteiger charge is -2.15. The van der Waals surface area contributed by atoms with E-state index in [-0.39, 0.29) is 18.6 Å². The maximum Gasteiger partial charge on any atom is 0.234 e. The van der Waals surface area contributed by atoms with E-state index in [2.05, 4.69) is 5.32 Å². The molecule has 1 atom stereocenters. The van der Waals surface area contributed by atoms with Crippen LogP contribution in [0.15, 0.2) is 0 Å². The zero-order chi connectivity index (χ0) is 9.56. The lowest BCUT2D eigenvalue weighted by molar-refractivity contribution is -0.122. The van der Waals surface area contributed by atoms with Crippen molar-refractivity contribution in [1.29, 1.82) is 0 Å². The fourth-order valence-corrected chi connectivity index (χ4v) is 0.837. The fraction of sp³-hybridized carbons (Fsp3) is 0.875. The highest BCUT2D eigenvalue weighted by atomic mass is 16.3. The molecule has 0 fully saturated rings. The monoisotopic (exact) mass is 174 g/mol. The van der Waals surface area contributed by atoms with Crippen molar-refractivity contribution in [1.82, 2.24) is 10.2 Å². The Morgan fingerprint density at radius 2 is 2.17 bits per heavy atom. The van der Waals surface area contributed by atoms with Crippen molar-refractivity contribution in [2.24, 2.45) is 0 Å². The van der Waals surface area contributed by atoms with E-state index >= 15 is 0 Å². The number of hydrogen-bond acceptors (Lipinski definition) is 3. The minimum atomic E-state index is -0.0996. The molecule has 0 aromatic heterocycles. The van der Waals surface area contributed by atoms with Gasteiger partial charge in [0.05, 0.1) is 19.2 Å². The standard InChI is InChI=1S/C8H18N2O2/c1-4-7(6-11)9-8(12)5-10(2)3/h7,11H,4-6H2,1-3H3,(H,9,12). The molecule has 0 saturated carbocycles. The molecule has 4 heteroatoms. The van der Waals surface area contributed by atoms with Crippen LogP contribution in [0.25, 0.3) is 0 Å². The van der Waals surface area contributed by atoms with Crippen molar-refractivity contribution in [3.05, 3.63) is 0 Å². The molecule has 1 unspecified atom stereocenters. The second-order valence-corrected chi connectivity index (χ2v) is 3.09. The van der Waals surface area contributed by atoms with Gasteiger partial charge in [-0.15, -0.1) is 0 Å². The maximum absolute atomic E-state index is 11.1. The van der Waals surface area contributed by atoms with Gasteiger partial charge in [-0.1, -0.05) is 6.92 Å². The summed E-state index contributed by atoms with van der Waals surface area (Å²) in [7, 11) is 3.67. The zero-order valence-corrected chi connectivity index (χ0v) is 8.00. The number of amides is 1. The first kappa shape index (κ1) is 11.4. The number of hydrogen-bond donors (Lipinski definition) is 2. The molecule has 0 aliphatic rings.